The average Bonchev–Trinajstić information content (AvgIpc) is 1.98. The zero-order chi connectivity index (χ0) is 9.72. The second-order valence-electron chi connectivity index (χ2n) is 2.68. The molecule has 0 aliphatic carbocycles. The predicted octanol–water partition coefficient (Wildman–Crippen LogP) is 1.05. The molecule has 0 aliphatic rings. The number of hydrogen-bond donors (Lipinski definition) is 1. The molecule has 1 N–H and O–H groups in total. The third-order valence-corrected chi connectivity index (χ3v) is 1.67. The molecule has 0 aliphatic heterocycles. The number of carbonyl (C=O) groups excluding carboxylic acids is 1. The van der Waals surface area contributed by atoms with Crippen molar-refractivity contribution in [2.75, 3.05) is 0 Å². The smallest absolute Gasteiger partial charge is 0.309 e. The van der Waals surface area contributed by atoms with E-state index in [0.29, 0.717) is 6.42 Å². The molecule has 12 heavy (non-hydrogen) atoms. The maximum Gasteiger partial charge on any atom is 0.309 e. The van der Waals surface area contributed by atoms with Crippen molar-refractivity contribution in [3.63, 3.8) is 0 Å². The third-order valence-electron chi connectivity index (χ3n) is 1.67. The number of rotatable bonds is 4. The first-order valence-electron chi connectivity index (χ1n) is 3.89. The lowest BCUT2D eigenvalue weighted by Gasteiger charge is -2.18. The standard InChI is InChI=1S/C8H14O4/c1-4-7(12-6(3)9)5(2)8(10)11/h5,7H,4H2,1-3H3,(H,10,11)/t5?,7-/m0/s1. The van der Waals surface area contributed by atoms with Gasteiger partial charge in [0.25, 0.3) is 0 Å². The Bertz CT molecular complexity index is 176. The Morgan fingerprint density at radius 2 is 2.00 bits per heavy atom. The van der Waals surface area contributed by atoms with Gasteiger partial charge in [0.05, 0.1) is 5.92 Å². The van der Waals surface area contributed by atoms with Crippen LogP contribution in [0.2, 0.25) is 0 Å². The molecular weight excluding hydrogens is 160 g/mol. The number of carboxylic acids is 1. The topological polar surface area (TPSA) is 63.6 Å². The van der Waals surface area contributed by atoms with Crippen molar-refractivity contribution < 1.29 is 19.4 Å². The number of carbonyl (C=O) groups is 2. The fourth-order valence-electron chi connectivity index (χ4n) is 0.911. The van der Waals surface area contributed by atoms with E-state index in [1.807, 2.05) is 0 Å². The molecule has 0 radical (unpaired) electrons. The lowest BCUT2D eigenvalue weighted by Crippen LogP contribution is -2.29. The summed E-state index contributed by atoms with van der Waals surface area (Å²) >= 11 is 0. The molecule has 0 rings (SSSR count). The van der Waals surface area contributed by atoms with Gasteiger partial charge in [0.1, 0.15) is 6.10 Å². The molecule has 1 unspecified atom stereocenters. The summed E-state index contributed by atoms with van der Waals surface area (Å²) < 4.78 is 4.80. The van der Waals surface area contributed by atoms with Gasteiger partial charge in [-0.05, 0) is 13.3 Å². The van der Waals surface area contributed by atoms with E-state index in [2.05, 4.69) is 0 Å². The number of ether oxygens (including phenoxy) is 1. The highest BCUT2D eigenvalue weighted by Crippen LogP contribution is 2.11. The van der Waals surface area contributed by atoms with E-state index >= 15 is 0 Å². The number of aliphatic carboxylic acids is 1. The first-order chi connectivity index (χ1) is 5.49. The van der Waals surface area contributed by atoms with Crippen LogP contribution in [0.3, 0.4) is 0 Å². The number of carboxylic acid groups (broad SMARTS) is 1. The fraction of sp³-hybridized carbons (Fsp3) is 0.750. The summed E-state index contributed by atoms with van der Waals surface area (Å²) in [7, 11) is 0. The van der Waals surface area contributed by atoms with Crippen LogP contribution in [0.1, 0.15) is 27.2 Å². The second-order valence-corrected chi connectivity index (χ2v) is 2.68. The van der Waals surface area contributed by atoms with E-state index in [1.165, 1.54) is 13.8 Å². The maximum atomic E-state index is 10.5. The van der Waals surface area contributed by atoms with Gasteiger partial charge in [0.15, 0.2) is 0 Å². The molecule has 0 heterocycles. The van der Waals surface area contributed by atoms with Crippen molar-refractivity contribution in [2.45, 2.75) is 33.3 Å². The summed E-state index contributed by atoms with van der Waals surface area (Å²) in [6.45, 7) is 4.59. The molecule has 0 bridgehead atoms. The summed E-state index contributed by atoms with van der Waals surface area (Å²) in [5.41, 5.74) is 0. The van der Waals surface area contributed by atoms with E-state index in [9.17, 15) is 9.59 Å². The third kappa shape index (κ3) is 3.37. The zero-order valence-corrected chi connectivity index (χ0v) is 7.53. The molecule has 0 fully saturated rings. The quantitative estimate of drug-likeness (QED) is 0.647. The Kier molecular flexibility index (Phi) is 4.33. The van der Waals surface area contributed by atoms with Gasteiger partial charge in [-0.1, -0.05) is 6.92 Å². The minimum absolute atomic E-state index is 0.435. The average molecular weight is 174 g/mol. The molecule has 4 nitrogen and oxygen atoms in total. The van der Waals surface area contributed by atoms with Crippen LogP contribution < -0.4 is 0 Å². The summed E-state index contributed by atoms with van der Waals surface area (Å²) in [5, 5.41) is 8.61. The largest absolute Gasteiger partial charge is 0.481 e. The van der Waals surface area contributed by atoms with E-state index in [1.54, 1.807) is 6.92 Å². The highest BCUT2D eigenvalue weighted by molar-refractivity contribution is 5.71. The van der Waals surface area contributed by atoms with Crippen molar-refractivity contribution >= 4 is 11.9 Å². The highest BCUT2D eigenvalue weighted by atomic mass is 16.5. The van der Waals surface area contributed by atoms with Crippen LogP contribution in [-0.2, 0) is 14.3 Å². The SMILES string of the molecule is CC[C@H](OC(C)=O)C(C)C(=O)O. The number of esters is 1. The molecule has 0 aromatic rings. The minimum Gasteiger partial charge on any atom is -0.481 e. The first kappa shape index (κ1) is 10.9. The van der Waals surface area contributed by atoms with Crippen LogP contribution in [0.15, 0.2) is 0 Å². The van der Waals surface area contributed by atoms with E-state index in [0.717, 1.165) is 0 Å². The minimum atomic E-state index is -0.942. The lowest BCUT2D eigenvalue weighted by molar-refractivity contribution is -0.156. The van der Waals surface area contributed by atoms with E-state index in [-0.39, 0.29) is 0 Å². The van der Waals surface area contributed by atoms with Crippen molar-refractivity contribution in [3.05, 3.63) is 0 Å². The number of hydrogen-bond acceptors (Lipinski definition) is 3. The molecule has 70 valence electrons. The van der Waals surface area contributed by atoms with Gasteiger partial charge in [-0.15, -0.1) is 0 Å². The fourth-order valence-corrected chi connectivity index (χ4v) is 0.911. The van der Waals surface area contributed by atoms with Crippen molar-refractivity contribution in [2.24, 2.45) is 5.92 Å². The maximum absolute atomic E-state index is 10.5. The normalized spacial score (nSPS) is 14.9. The summed E-state index contributed by atoms with van der Waals surface area (Å²) in [5.74, 6) is -2.02. The molecule has 0 spiro atoms. The Labute approximate surface area is 71.5 Å². The van der Waals surface area contributed by atoms with Gasteiger partial charge in [0.2, 0.25) is 0 Å². The first-order valence-corrected chi connectivity index (χ1v) is 3.89. The molecule has 2 atom stereocenters. The van der Waals surface area contributed by atoms with Gasteiger partial charge >= 0.3 is 11.9 Å². The van der Waals surface area contributed by atoms with Crippen molar-refractivity contribution in [3.8, 4) is 0 Å². The lowest BCUT2D eigenvalue weighted by atomic mass is 10.0. The Balaban J connectivity index is 4.14. The summed E-state index contributed by atoms with van der Waals surface area (Å²) in [6, 6.07) is 0. The molecule has 0 saturated carbocycles. The van der Waals surface area contributed by atoms with Crippen LogP contribution in [0.5, 0.6) is 0 Å². The van der Waals surface area contributed by atoms with Gasteiger partial charge < -0.3 is 9.84 Å². The molecule has 0 aromatic carbocycles. The molecule has 0 amide bonds. The zero-order valence-electron chi connectivity index (χ0n) is 7.53. The second kappa shape index (κ2) is 4.74. The van der Waals surface area contributed by atoms with Crippen LogP contribution in [0.4, 0.5) is 0 Å². The predicted molar refractivity (Wildman–Crippen MR) is 42.6 cm³/mol. The highest BCUT2D eigenvalue weighted by Gasteiger charge is 2.24. The van der Waals surface area contributed by atoms with Gasteiger partial charge in [-0.25, -0.2) is 0 Å². The van der Waals surface area contributed by atoms with Crippen LogP contribution >= 0.6 is 0 Å². The van der Waals surface area contributed by atoms with Gasteiger partial charge in [0, 0.05) is 6.92 Å². The summed E-state index contributed by atoms with van der Waals surface area (Å²) in [6.07, 6.45) is 0.00699. The Morgan fingerprint density at radius 3 is 2.25 bits per heavy atom. The van der Waals surface area contributed by atoms with E-state index in [4.69, 9.17) is 9.84 Å². The van der Waals surface area contributed by atoms with E-state index < -0.39 is 24.0 Å². The van der Waals surface area contributed by atoms with Crippen molar-refractivity contribution in [1.82, 2.24) is 0 Å². The van der Waals surface area contributed by atoms with Crippen LogP contribution in [0.25, 0.3) is 0 Å². The monoisotopic (exact) mass is 174 g/mol. The van der Waals surface area contributed by atoms with Crippen LogP contribution in [-0.4, -0.2) is 23.1 Å². The van der Waals surface area contributed by atoms with Crippen LogP contribution in [0, 0.1) is 5.92 Å². The Morgan fingerprint density at radius 1 is 1.50 bits per heavy atom. The molecule has 0 aromatic heterocycles. The van der Waals surface area contributed by atoms with Crippen molar-refractivity contribution in [1.29, 1.82) is 0 Å². The summed E-state index contributed by atoms with van der Waals surface area (Å²) in [4.78, 5) is 21.0. The molecule has 4 heteroatoms. The molecular formula is C8H14O4. The van der Waals surface area contributed by atoms with Gasteiger partial charge in [-0.3, -0.25) is 9.59 Å². The Hall–Kier alpha value is -1.06. The van der Waals surface area contributed by atoms with Gasteiger partial charge in [-0.2, -0.15) is 0 Å². The molecule has 0 saturated heterocycles.